The molecule has 0 aromatic heterocycles. The van der Waals surface area contributed by atoms with Crippen LogP contribution in [0.15, 0.2) is 53.3 Å². The van der Waals surface area contributed by atoms with Gasteiger partial charge in [-0.1, -0.05) is 50.3 Å². The van der Waals surface area contributed by atoms with E-state index in [1.54, 1.807) is 0 Å². The molecule has 0 aliphatic heterocycles. The van der Waals surface area contributed by atoms with Crippen LogP contribution in [-0.2, 0) is 4.79 Å². The second-order valence-electron chi connectivity index (χ2n) is 7.17. The lowest BCUT2D eigenvalue weighted by molar-refractivity contribution is -0.117. The number of allylic oxidation sites excluding steroid dienone is 4. The minimum Gasteiger partial charge on any atom is -0.512 e. The number of aliphatic hydroxyl groups is 1. The number of nitriles is 2. The van der Waals surface area contributed by atoms with Gasteiger partial charge < -0.3 is 5.11 Å². The Morgan fingerprint density at radius 1 is 1.17 bits per heavy atom. The van der Waals surface area contributed by atoms with Crippen LogP contribution in [0, 0.1) is 33.5 Å². The average Bonchev–Trinajstić information content (AvgIpc) is 2.54. The standard InChI is InChI=1S/C20H18N2O2/c1-19(2)9-15-18(17(24)10-19)16(23)8-14(20(15,11-21)12-22)13-6-4-3-5-7-13/h3-7,9,14,23H,8,10H2,1-2H3/t14-/m1/s1. The summed E-state index contributed by atoms with van der Waals surface area (Å²) in [5.41, 5.74) is -0.580. The van der Waals surface area contributed by atoms with Gasteiger partial charge in [-0.05, 0) is 16.6 Å². The maximum Gasteiger partial charge on any atom is 0.176 e. The summed E-state index contributed by atoms with van der Waals surface area (Å²) < 4.78 is 0. The first-order chi connectivity index (χ1) is 11.3. The van der Waals surface area contributed by atoms with Crippen LogP contribution < -0.4 is 0 Å². The Labute approximate surface area is 141 Å². The summed E-state index contributed by atoms with van der Waals surface area (Å²) in [6.07, 6.45) is 2.20. The molecule has 4 nitrogen and oxygen atoms in total. The van der Waals surface area contributed by atoms with Crippen molar-refractivity contribution in [2.24, 2.45) is 10.8 Å². The molecule has 1 N–H and O–H groups in total. The van der Waals surface area contributed by atoms with Gasteiger partial charge in [0.2, 0.25) is 0 Å². The monoisotopic (exact) mass is 318 g/mol. The Bertz CT molecular complexity index is 834. The van der Waals surface area contributed by atoms with Crippen LogP contribution in [-0.4, -0.2) is 10.9 Å². The molecule has 0 radical (unpaired) electrons. The van der Waals surface area contributed by atoms with E-state index in [0.29, 0.717) is 5.57 Å². The predicted molar refractivity (Wildman–Crippen MR) is 88.6 cm³/mol. The van der Waals surface area contributed by atoms with Crippen molar-refractivity contribution in [3.05, 3.63) is 58.9 Å². The van der Waals surface area contributed by atoms with E-state index >= 15 is 0 Å². The molecule has 3 rings (SSSR count). The number of hydrogen-bond acceptors (Lipinski definition) is 4. The van der Waals surface area contributed by atoms with E-state index in [1.807, 2.05) is 50.3 Å². The highest BCUT2D eigenvalue weighted by Gasteiger charge is 2.53. The van der Waals surface area contributed by atoms with Gasteiger partial charge in [-0.15, -0.1) is 0 Å². The third-order valence-electron chi connectivity index (χ3n) is 4.89. The fourth-order valence-corrected chi connectivity index (χ4v) is 3.78. The van der Waals surface area contributed by atoms with Gasteiger partial charge in [0.1, 0.15) is 5.76 Å². The number of aliphatic hydroxyl groups excluding tert-OH is 1. The highest BCUT2D eigenvalue weighted by molar-refractivity contribution is 6.03. The van der Waals surface area contributed by atoms with Crippen LogP contribution in [0.2, 0.25) is 0 Å². The largest absolute Gasteiger partial charge is 0.512 e. The molecular formula is C20H18N2O2. The molecule has 0 unspecified atom stereocenters. The van der Waals surface area contributed by atoms with Gasteiger partial charge in [-0.25, -0.2) is 0 Å². The van der Waals surface area contributed by atoms with Crippen LogP contribution in [0.25, 0.3) is 0 Å². The molecule has 4 heteroatoms. The van der Waals surface area contributed by atoms with Crippen molar-refractivity contribution >= 4 is 5.78 Å². The molecule has 0 spiro atoms. The topological polar surface area (TPSA) is 84.9 Å². The quantitative estimate of drug-likeness (QED) is 0.849. The smallest absolute Gasteiger partial charge is 0.176 e. The Morgan fingerprint density at radius 2 is 1.79 bits per heavy atom. The number of carbonyl (C=O) groups is 1. The number of rotatable bonds is 1. The number of hydrogen-bond donors (Lipinski definition) is 1. The van der Waals surface area contributed by atoms with Crippen LogP contribution in [0.4, 0.5) is 0 Å². The molecule has 0 saturated heterocycles. The lowest BCUT2D eigenvalue weighted by atomic mass is 9.58. The molecule has 120 valence electrons. The summed E-state index contributed by atoms with van der Waals surface area (Å²) in [5.74, 6) is -0.724. The van der Waals surface area contributed by atoms with E-state index in [2.05, 4.69) is 12.1 Å². The molecule has 2 aliphatic carbocycles. The molecule has 0 saturated carbocycles. The van der Waals surface area contributed by atoms with E-state index in [-0.39, 0.29) is 30.0 Å². The molecule has 0 heterocycles. The van der Waals surface area contributed by atoms with Gasteiger partial charge in [0, 0.05) is 18.8 Å². The number of benzene rings is 1. The fraction of sp³-hybridized carbons (Fsp3) is 0.350. The van der Waals surface area contributed by atoms with Crippen molar-refractivity contribution in [3.8, 4) is 12.1 Å². The molecule has 0 amide bonds. The van der Waals surface area contributed by atoms with Crippen molar-refractivity contribution in [2.75, 3.05) is 0 Å². The number of fused-ring (bicyclic) bond motifs is 1. The summed E-state index contributed by atoms with van der Waals surface area (Å²) in [5, 5.41) is 30.4. The number of carbonyl (C=O) groups excluding carboxylic acids is 1. The molecule has 0 fully saturated rings. The molecule has 2 aliphatic rings. The maximum atomic E-state index is 12.5. The molecule has 0 bridgehead atoms. The van der Waals surface area contributed by atoms with Crippen LogP contribution in [0.5, 0.6) is 0 Å². The zero-order valence-electron chi connectivity index (χ0n) is 13.7. The van der Waals surface area contributed by atoms with Crippen molar-refractivity contribution < 1.29 is 9.90 Å². The highest BCUT2D eigenvalue weighted by Crippen LogP contribution is 2.55. The van der Waals surface area contributed by atoms with Crippen LogP contribution >= 0.6 is 0 Å². The first kappa shape index (κ1) is 16.0. The van der Waals surface area contributed by atoms with Gasteiger partial charge in [-0.3, -0.25) is 4.79 Å². The van der Waals surface area contributed by atoms with E-state index in [9.17, 15) is 20.4 Å². The van der Waals surface area contributed by atoms with Crippen molar-refractivity contribution in [3.63, 3.8) is 0 Å². The zero-order valence-corrected chi connectivity index (χ0v) is 13.7. The normalized spacial score (nSPS) is 24.4. The lowest BCUT2D eigenvalue weighted by Crippen LogP contribution is -2.39. The molecule has 24 heavy (non-hydrogen) atoms. The van der Waals surface area contributed by atoms with Crippen molar-refractivity contribution in [1.82, 2.24) is 0 Å². The Hall–Kier alpha value is -2.85. The van der Waals surface area contributed by atoms with Gasteiger partial charge in [0.25, 0.3) is 0 Å². The van der Waals surface area contributed by atoms with Crippen LogP contribution in [0.3, 0.4) is 0 Å². The SMILES string of the molecule is CC1(C)C=C2C(=C(O)C[C@H](c3ccccc3)C2(C#N)C#N)C(=O)C1. The fourth-order valence-electron chi connectivity index (χ4n) is 3.78. The minimum atomic E-state index is -1.48. The second kappa shape index (κ2) is 5.35. The average molecular weight is 318 g/mol. The van der Waals surface area contributed by atoms with Gasteiger partial charge in [-0.2, -0.15) is 10.5 Å². The third kappa shape index (κ3) is 2.23. The lowest BCUT2D eigenvalue weighted by Gasteiger charge is -2.41. The minimum absolute atomic E-state index is 0.0169. The zero-order chi connectivity index (χ0) is 17.5. The predicted octanol–water partition coefficient (Wildman–Crippen LogP) is 3.94. The summed E-state index contributed by atoms with van der Waals surface area (Å²) in [4.78, 5) is 12.5. The number of ketones is 1. The van der Waals surface area contributed by atoms with E-state index < -0.39 is 16.7 Å². The summed E-state index contributed by atoms with van der Waals surface area (Å²) in [6.45, 7) is 3.80. The van der Waals surface area contributed by atoms with Crippen molar-refractivity contribution in [2.45, 2.75) is 32.6 Å². The first-order valence-electron chi connectivity index (χ1n) is 7.91. The van der Waals surface area contributed by atoms with Gasteiger partial charge >= 0.3 is 0 Å². The number of nitrogens with zero attached hydrogens (tertiary/aromatic N) is 2. The van der Waals surface area contributed by atoms with E-state index in [1.165, 1.54) is 0 Å². The van der Waals surface area contributed by atoms with Crippen molar-refractivity contribution in [1.29, 1.82) is 10.5 Å². The molecule has 1 aromatic rings. The van der Waals surface area contributed by atoms with E-state index in [4.69, 9.17) is 0 Å². The summed E-state index contributed by atoms with van der Waals surface area (Å²) >= 11 is 0. The summed E-state index contributed by atoms with van der Waals surface area (Å²) in [6, 6.07) is 13.6. The molecular weight excluding hydrogens is 300 g/mol. The molecule has 1 aromatic carbocycles. The Balaban J connectivity index is 2.31. The maximum absolute atomic E-state index is 12.5. The van der Waals surface area contributed by atoms with Gasteiger partial charge in [0.05, 0.1) is 17.7 Å². The number of Topliss-reactive ketones (excluding diaryl/α,β-unsaturated/α-hetero) is 1. The Morgan fingerprint density at radius 3 is 2.38 bits per heavy atom. The van der Waals surface area contributed by atoms with Crippen LogP contribution in [0.1, 0.15) is 38.2 Å². The van der Waals surface area contributed by atoms with Gasteiger partial charge in [0.15, 0.2) is 11.2 Å². The first-order valence-corrected chi connectivity index (χ1v) is 7.91. The Kier molecular flexibility index (Phi) is 3.57. The third-order valence-corrected chi connectivity index (χ3v) is 4.89. The highest BCUT2D eigenvalue weighted by atomic mass is 16.3. The second-order valence-corrected chi connectivity index (χ2v) is 7.17. The van der Waals surface area contributed by atoms with E-state index in [0.717, 1.165) is 5.56 Å². The molecule has 1 atom stereocenters. The summed E-state index contributed by atoms with van der Waals surface area (Å²) in [7, 11) is 0.